The summed E-state index contributed by atoms with van der Waals surface area (Å²) in [6, 6.07) is 1.78. The van der Waals surface area contributed by atoms with E-state index in [1.54, 1.807) is 24.7 Å². The van der Waals surface area contributed by atoms with Crippen molar-refractivity contribution < 1.29 is 5.11 Å². The summed E-state index contributed by atoms with van der Waals surface area (Å²) >= 11 is 0. The Hall–Kier alpha value is -1.59. The van der Waals surface area contributed by atoms with Crippen LogP contribution < -0.4 is 5.73 Å². The lowest BCUT2D eigenvalue weighted by Gasteiger charge is -2.08. The van der Waals surface area contributed by atoms with Crippen molar-refractivity contribution >= 4 is 11.0 Å². The fourth-order valence-electron chi connectivity index (χ4n) is 1.34. The van der Waals surface area contributed by atoms with Crippen LogP contribution in [0.25, 0.3) is 11.0 Å². The van der Waals surface area contributed by atoms with Crippen molar-refractivity contribution in [2.45, 2.75) is 12.5 Å². The third-order valence-electron chi connectivity index (χ3n) is 2.14. The fraction of sp³-hybridized carbons (Fsp3) is 0.300. The molecule has 78 valence electrons. The highest BCUT2D eigenvalue weighted by atomic mass is 16.3. The van der Waals surface area contributed by atoms with Crippen LogP contribution in [-0.4, -0.2) is 26.6 Å². The van der Waals surface area contributed by atoms with Crippen LogP contribution in [0.5, 0.6) is 0 Å². The lowest BCUT2D eigenvalue weighted by molar-refractivity contribution is 0.165. The molecule has 0 bridgehead atoms. The number of nitrogens with zero attached hydrogens (tertiary/aromatic N) is 3. The van der Waals surface area contributed by atoms with Gasteiger partial charge in [0.2, 0.25) is 0 Å². The molecule has 0 radical (unpaired) electrons. The van der Waals surface area contributed by atoms with E-state index >= 15 is 0 Å². The zero-order valence-electron chi connectivity index (χ0n) is 8.17. The number of aliphatic hydroxyl groups excluding tert-OH is 1. The van der Waals surface area contributed by atoms with E-state index in [9.17, 15) is 5.11 Å². The Bertz CT molecular complexity index is 460. The molecular formula is C10H12N4O. The topological polar surface area (TPSA) is 84.9 Å². The first-order chi connectivity index (χ1) is 7.31. The zero-order chi connectivity index (χ0) is 10.7. The molecule has 0 saturated carbocycles. The summed E-state index contributed by atoms with van der Waals surface area (Å²) in [5.74, 6) is 0. The largest absolute Gasteiger partial charge is 0.387 e. The van der Waals surface area contributed by atoms with Crippen LogP contribution in [-0.2, 0) is 0 Å². The quantitative estimate of drug-likeness (QED) is 0.756. The van der Waals surface area contributed by atoms with E-state index in [0.29, 0.717) is 24.2 Å². The Balaban J connectivity index is 2.38. The number of aliphatic hydroxyl groups is 1. The highest BCUT2D eigenvalue weighted by Crippen LogP contribution is 2.15. The highest BCUT2D eigenvalue weighted by Gasteiger charge is 2.09. The van der Waals surface area contributed by atoms with Crippen molar-refractivity contribution in [2.75, 3.05) is 6.54 Å². The van der Waals surface area contributed by atoms with Gasteiger partial charge in [-0.05, 0) is 19.0 Å². The maximum Gasteiger partial charge on any atom is 0.107 e. The van der Waals surface area contributed by atoms with Crippen molar-refractivity contribution in [3.05, 3.63) is 30.4 Å². The summed E-state index contributed by atoms with van der Waals surface area (Å²) in [6.45, 7) is 0.425. The van der Waals surface area contributed by atoms with Gasteiger partial charge in [-0.3, -0.25) is 9.97 Å². The summed E-state index contributed by atoms with van der Waals surface area (Å²) in [6.07, 6.45) is 4.70. The number of aromatic nitrogens is 3. The van der Waals surface area contributed by atoms with Crippen LogP contribution in [0.1, 0.15) is 18.2 Å². The fourth-order valence-corrected chi connectivity index (χ4v) is 1.34. The average Bonchev–Trinajstić information content (AvgIpc) is 2.29. The predicted octanol–water partition coefficient (Wildman–Crippen LogP) is 0.407. The van der Waals surface area contributed by atoms with Crippen LogP contribution in [0.4, 0.5) is 0 Å². The second-order valence-corrected chi connectivity index (χ2v) is 3.25. The molecule has 1 unspecified atom stereocenters. The van der Waals surface area contributed by atoms with E-state index in [4.69, 9.17) is 5.73 Å². The Morgan fingerprint density at radius 2 is 2.20 bits per heavy atom. The summed E-state index contributed by atoms with van der Waals surface area (Å²) in [5, 5.41) is 9.68. The van der Waals surface area contributed by atoms with Gasteiger partial charge < -0.3 is 10.8 Å². The predicted molar refractivity (Wildman–Crippen MR) is 56.0 cm³/mol. The first kappa shape index (κ1) is 9.95. The molecule has 5 heteroatoms. The molecule has 2 rings (SSSR count). The van der Waals surface area contributed by atoms with Gasteiger partial charge in [-0.25, -0.2) is 4.98 Å². The Labute approximate surface area is 87.0 Å². The molecular weight excluding hydrogens is 192 g/mol. The van der Waals surface area contributed by atoms with Gasteiger partial charge in [0.1, 0.15) is 5.52 Å². The summed E-state index contributed by atoms with van der Waals surface area (Å²) in [5.41, 5.74) is 7.36. The average molecular weight is 204 g/mol. The normalized spacial score (nSPS) is 12.9. The Kier molecular flexibility index (Phi) is 2.84. The number of rotatable bonds is 3. The number of nitrogens with two attached hydrogens (primary N) is 1. The van der Waals surface area contributed by atoms with Crippen LogP contribution in [0, 0.1) is 0 Å². The van der Waals surface area contributed by atoms with Crippen molar-refractivity contribution in [2.24, 2.45) is 5.73 Å². The van der Waals surface area contributed by atoms with Crippen molar-refractivity contribution in [1.82, 2.24) is 15.0 Å². The SMILES string of the molecule is NCCC(O)c1cnc2ccncc2n1. The standard InChI is InChI=1S/C10H12N4O/c11-3-1-10(15)9-6-13-7-2-4-12-5-8(7)14-9/h2,4-6,10,15H,1,3,11H2. The second kappa shape index (κ2) is 4.29. The van der Waals surface area contributed by atoms with Crippen LogP contribution in [0.2, 0.25) is 0 Å². The molecule has 0 saturated heterocycles. The molecule has 0 aromatic carbocycles. The van der Waals surface area contributed by atoms with E-state index in [2.05, 4.69) is 15.0 Å². The van der Waals surface area contributed by atoms with Crippen molar-refractivity contribution in [3.8, 4) is 0 Å². The smallest absolute Gasteiger partial charge is 0.107 e. The summed E-state index contributed by atoms with van der Waals surface area (Å²) < 4.78 is 0. The number of hydrogen-bond donors (Lipinski definition) is 2. The highest BCUT2D eigenvalue weighted by molar-refractivity contribution is 5.72. The molecule has 1 atom stereocenters. The first-order valence-electron chi connectivity index (χ1n) is 4.76. The zero-order valence-corrected chi connectivity index (χ0v) is 8.17. The lowest BCUT2D eigenvalue weighted by atomic mass is 10.2. The van der Waals surface area contributed by atoms with E-state index in [-0.39, 0.29) is 0 Å². The monoisotopic (exact) mass is 204 g/mol. The minimum absolute atomic E-state index is 0.425. The molecule has 2 aromatic heterocycles. The van der Waals surface area contributed by atoms with Gasteiger partial charge in [-0.15, -0.1) is 0 Å². The molecule has 5 nitrogen and oxygen atoms in total. The first-order valence-corrected chi connectivity index (χ1v) is 4.76. The van der Waals surface area contributed by atoms with Gasteiger partial charge in [-0.1, -0.05) is 0 Å². The number of fused-ring (bicyclic) bond motifs is 1. The Morgan fingerprint density at radius 3 is 3.00 bits per heavy atom. The molecule has 15 heavy (non-hydrogen) atoms. The molecule has 2 aromatic rings. The summed E-state index contributed by atoms with van der Waals surface area (Å²) in [4.78, 5) is 12.4. The molecule has 0 aliphatic heterocycles. The molecule has 0 aliphatic rings. The Morgan fingerprint density at radius 1 is 1.33 bits per heavy atom. The van der Waals surface area contributed by atoms with Crippen LogP contribution in [0.3, 0.4) is 0 Å². The van der Waals surface area contributed by atoms with E-state index in [1.807, 2.05) is 0 Å². The van der Waals surface area contributed by atoms with Crippen molar-refractivity contribution in [3.63, 3.8) is 0 Å². The molecule has 0 fully saturated rings. The minimum Gasteiger partial charge on any atom is -0.387 e. The summed E-state index contributed by atoms with van der Waals surface area (Å²) in [7, 11) is 0. The van der Waals surface area contributed by atoms with Gasteiger partial charge >= 0.3 is 0 Å². The van der Waals surface area contributed by atoms with Gasteiger partial charge in [0, 0.05) is 6.20 Å². The van der Waals surface area contributed by atoms with E-state index in [0.717, 1.165) is 5.52 Å². The maximum atomic E-state index is 9.68. The van der Waals surface area contributed by atoms with Gasteiger partial charge in [-0.2, -0.15) is 0 Å². The van der Waals surface area contributed by atoms with E-state index < -0.39 is 6.10 Å². The molecule has 0 amide bonds. The van der Waals surface area contributed by atoms with Gasteiger partial charge in [0.15, 0.2) is 0 Å². The van der Waals surface area contributed by atoms with Crippen LogP contribution in [0.15, 0.2) is 24.7 Å². The van der Waals surface area contributed by atoms with E-state index in [1.165, 1.54) is 0 Å². The molecule has 2 heterocycles. The van der Waals surface area contributed by atoms with Crippen LogP contribution >= 0.6 is 0 Å². The van der Waals surface area contributed by atoms with Gasteiger partial charge in [0.05, 0.1) is 29.7 Å². The van der Waals surface area contributed by atoms with Gasteiger partial charge in [0.25, 0.3) is 0 Å². The molecule has 0 aliphatic carbocycles. The second-order valence-electron chi connectivity index (χ2n) is 3.25. The lowest BCUT2D eigenvalue weighted by Crippen LogP contribution is -2.08. The molecule has 3 N–H and O–H groups in total. The third-order valence-corrected chi connectivity index (χ3v) is 2.14. The number of hydrogen-bond acceptors (Lipinski definition) is 5. The van der Waals surface area contributed by atoms with Crippen molar-refractivity contribution in [1.29, 1.82) is 0 Å². The molecule has 0 spiro atoms. The minimum atomic E-state index is -0.646. The third kappa shape index (κ3) is 2.08. The maximum absolute atomic E-state index is 9.68. The number of pyridine rings is 1.